The van der Waals surface area contributed by atoms with Crippen LogP contribution in [0.15, 0.2) is 10.9 Å². The second-order valence-electron chi connectivity index (χ2n) is 3.51. The number of rotatable bonds is 5. The van der Waals surface area contributed by atoms with Crippen molar-refractivity contribution < 1.29 is 4.74 Å². The molecule has 80 valence electrons. The molecule has 1 aromatic rings. The molecular weight excluding hydrogens is 182 g/mol. The van der Waals surface area contributed by atoms with Gasteiger partial charge in [0.2, 0.25) is 0 Å². The van der Waals surface area contributed by atoms with Crippen molar-refractivity contribution in [3.05, 3.63) is 22.1 Å². The Labute approximate surface area is 83.3 Å². The summed E-state index contributed by atoms with van der Waals surface area (Å²) in [7, 11) is 5.56. The molecule has 1 N–H and O–H groups in total. The van der Waals surface area contributed by atoms with Gasteiger partial charge in [0.15, 0.2) is 0 Å². The first-order chi connectivity index (χ1) is 6.63. The molecule has 0 saturated carbocycles. The lowest BCUT2D eigenvalue weighted by molar-refractivity contribution is 0.180. The molecule has 1 aromatic heterocycles. The van der Waals surface area contributed by atoms with Crippen LogP contribution in [-0.2, 0) is 17.9 Å². The van der Waals surface area contributed by atoms with Gasteiger partial charge in [-0.05, 0) is 14.1 Å². The quantitative estimate of drug-likeness (QED) is 0.719. The molecule has 1 rings (SSSR count). The molecular formula is C9H17N3O2. The summed E-state index contributed by atoms with van der Waals surface area (Å²) in [4.78, 5) is 13.4. The van der Waals surface area contributed by atoms with Gasteiger partial charge < -0.3 is 9.64 Å². The first kappa shape index (κ1) is 11.0. The zero-order valence-corrected chi connectivity index (χ0v) is 8.91. The van der Waals surface area contributed by atoms with E-state index in [4.69, 9.17) is 4.74 Å². The molecule has 0 bridgehead atoms. The predicted molar refractivity (Wildman–Crippen MR) is 54.3 cm³/mol. The maximum Gasteiger partial charge on any atom is 0.266 e. The number of aromatic nitrogens is 2. The van der Waals surface area contributed by atoms with Crippen molar-refractivity contribution >= 4 is 0 Å². The summed E-state index contributed by atoms with van der Waals surface area (Å²) in [6, 6.07) is 1.57. The van der Waals surface area contributed by atoms with E-state index in [1.165, 1.54) is 0 Å². The molecule has 0 unspecified atom stereocenters. The molecule has 0 amide bonds. The lowest BCUT2D eigenvalue weighted by atomic mass is 10.5. The van der Waals surface area contributed by atoms with E-state index in [1.807, 2.05) is 19.0 Å². The van der Waals surface area contributed by atoms with Gasteiger partial charge in [0, 0.05) is 19.7 Å². The lowest BCUT2D eigenvalue weighted by Gasteiger charge is -2.08. The molecule has 0 aliphatic carbocycles. The molecule has 0 aromatic carbocycles. The summed E-state index contributed by atoms with van der Waals surface area (Å²) in [5.41, 5.74) is 0.815. The van der Waals surface area contributed by atoms with E-state index in [0.29, 0.717) is 13.2 Å². The topological polar surface area (TPSA) is 50.3 Å². The third-order valence-electron chi connectivity index (χ3n) is 1.91. The summed E-state index contributed by atoms with van der Waals surface area (Å²) < 4.78 is 6.52. The Kier molecular flexibility index (Phi) is 3.91. The van der Waals surface area contributed by atoms with E-state index < -0.39 is 0 Å². The number of likely N-dealkylation sites (N-methyl/N-ethyl adjacent to an activating group) is 1. The summed E-state index contributed by atoms with van der Waals surface area (Å²) in [5.74, 6) is 0. The van der Waals surface area contributed by atoms with Crippen LogP contribution in [0.1, 0.15) is 5.69 Å². The maximum atomic E-state index is 11.4. The van der Waals surface area contributed by atoms with Gasteiger partial charge in [0.1, 0.15) is 0 Å². The summed E-state index contributed by atoms with van der Waals surface area (Å²) in [5, 5.41) is 2.99. The van der Waals surface area contributed by atoms with Crippen molar-refractivity contribution in [2.45, 2.75) is 13.2 Å². The van der Waals surface area contributed by atoms with Crippen molar-refractivity contribution in [1.29, 1.82) is 0 Å². The van der Waals surface area contributed by atoms with Crippen molar-refractivity contribution in [3.63, 3.8) is 0 Å². The van der Waals surface area contributed by atoms with Gasteiger partial charge >= 0.3 is 0 Å². The Balaban J connectivity index is 2.63. The average molecular weight is 199 g/mol. The summed E-state index contributed by atoms with van der Waals surface area (Å²) in [6.07, 6.45) is 0. The number of nitrogens with one attached hydrogen (secondary N) is 1. The molecule has 5 heteroatoms. The normalized spacial score (nSPS) is 11.1. The highest BCUT2D eigenvalue weighted by Crippen LogP contribution is 1.92. The number of H-pyrrole nitrogens is 1. The number of nitrogens with zero attached hydrogens (tertiary/aromatic N) is 2. The largest absolute Gasteiger partial charge is 0.378 e. The van der Waals surface area contributed by atoms with Crippen molar-refractivity contribution in [2.24, 2.45) is 0 Å². The lowest BCUT2D eigenvalue weighted by Crippen LogP contribution is -2.24. The van der Waals surface area contributed by atoms with Crippen molar-refractivity contribution in [3.8, 4) is 0 Å². The zero-order chi connectivity index (χ0) is 10.6. The number of hydrogen-bond donors (Lipinski definition) is 1. The van der Waals surface area contributed by atoms with E-state index in [1.54, 1.807) is 17.9 Å². The fourth-order valence-corrected chi connectivity index (χ4v) is 1.18. The minimum absolute atomic E-state index is 0.00102. The van der Waals surface area contributed by atoms with Crippen LogP contribution >= 0.6 is 0 Å². The molecule has 14 heavy (non-hydrogen) atoms. The van der Waals surface area contributed by atoms with Crippen LogP contribution in [0.5, 0.6) is 0 Å². The monoisotopic (exact) mass is 199 g/mol. The molecule has 0 saturated heterocycles. The molecule has 0 spiro atoms. The first-order valence-corrected chi connectivity index (χ1v) is 4.56. The van der Waals surface area contributed by atoms with Crippen LogP contribution in [0.2, 0.25) is 0 Å². The SMILES string of the molecule is COCc1cc(=O)n(CCN(C)C)[nH]1. The maximum absolute atomic E-state index is 11.4. The molecule has 0 fully saturated rings. The van der Waals surface area contributed by atoms with E-state index in [0.717, 1.165) is 12.2 Å². The minimum Gasteiger partial charge on any atom is -0.378 e. The zero-order valence-electron chi connectivity index (χ0n) is 8.91. The smallest absolute Gasteiger partial charge is 0.266 e. The van der Waals surface area contributed by atoms with Crippen LogP contribution in [0.4, 0.5) is 0 Å². The van der Waals surface area contributed by atoms with Crippen LogP contribution < -0.4 is 5.56 Å². The van der Waals surface area contributed by atoms with E-state index in [2.05, 4.69) is 5.10 Å². The minimum atomic E-state index is -0.00102. The van der Waals surface area contributed by atoms with E-state index in [9.17, 15) is 4.79 Å². The van der Waals surface area contributed by atoms with E-state index >= 15 is 0 Å². The fraction of sp³-hybridized carbons (Fsp3) is 0.667. The van der Waals surface area contributed by atoms with Gasteiger partial charge in [-0.2, -0.15) is 0 Å². The van der Waals surface area contributed by atoms with Gasteiger partial charge in [-0.1, -0.05) is 0 Å². The number of ether oxygens (including phenoxy) is 1. The Bertz CT molecular complexity index is 327. The van der Waals surface area contributed by atoms with Gasteiger partial charge in [0.05, 0.1) is 18.8 Å². The van der Waals surface area contributed by atoms with Crippen molar-refractivity contribution in [1.82, 2.24) is 14.7 Å². The van der Waals surface area contributed by atoms with Gasteiger partial charge in [-0.15, -0.1) is 0 Å². The third-order valence-corrected chi connectivity index (χ3v) is 1.91. The molecule has 0 aliphatic heterocycles. The Hall–Kier alpha value is -1.07. The highest BCUT2D eigenvalue weighted by molar-refractivity contribution is 4.97. The Morgan fingerprint density at radius 1 is 1.57 bits per heavy atom. The standard InChI is InChI=1S/C9H17N3O2/c1-11(2)4-5-12-9(13)6-8(10-12)7-14-3/h6,10H,4-5,7H2,1-3H3. The van der Waals surface area contributed by atoms with Gasteiger partial charge in [-0.3, -0.25) is 14.6 Å². The predicted octanol–water partition coefficient (Wildman–Crippen LogP) is -0.116. The van der Waals surface area contributed by atoms with Crippen LogP contribution in [-0.4, -0.2) is 42.4 Å². The van der Waals surface area contributed by atoms with Crippen LogP contribution in [0.3, 0.4) is 0 Å². The molecule has 0 atom stereocenters. The molecule has 5 nitrogen and oxygen atoms in total. The fourth-order valence-electron chi connectivity index (χ4n) is 1.18. The van der Waals surface area contributed by atoms with Crippen LogP contribution in [0, 0.1) is 0 Å². The Morgan fingerprint density at radius 2 is 2.29 bits per heavy atom. The third kappa shape index (κ3) is 3.01. The van der Waals surface area contributed by atoms with Crippen molar-refractivity contribution in [2.75, 3.05) is 27.7 Å². The highest BCUT2D eigenvalue weighted by Gasteiger charge is 2.02. The van der Waals surface area contributed by atoms with Gasteiger partial charge in [0.25, 0.3) is 5.56 Å². The second-order valence-corrected chi connectivity index (χ2v) is 3.51. The first-order valence-electron chi connectivity index (χ1n) is 4.56. The molecule has 1 heterocycles. The molecule has 0 aliphatic rings. The number of hydrogen-bond acceptors (Lipinski definition) is 3. The van der Waals surface area contributed by atoms with E-state index in [-0.39, 0.29) is 5.56 Å². The molecule has 0 radical (unpaired) electrons. The van der Waals surface area contributed by atoms with Crippen LogP contribution in [0.25, 0.3) is 0 Å². The number of aromatic amines is 1. The van der Waals surface area contributed by atoms with Gasteiger partial charge in [-0.25, -0.2) is 0 Å². The summed E-state index contributed by atoms with van der Waals surface area (Å²) >= 11 is 0. The highest BCUT2D eigenvalue weighted by atomic mass is 16.5. The number of methoxy groups -OCH3 is 1. The second kappa shape index (κ2) is 4.97. The summed E-state index contributed by atoms with van der Waals surface area (Å²) in [6.45, 7) is 1.96. The Morgan fingerprint density at radius 3 is 2.86 bits per heavy atom. The average Bonchev–Trinajstić information content (AvgIpc) is 2.44.